The smallest absolute Gasteiger partial charge is 0.242 e. The highest BCUT2D eigenvalue weighted by Crippen LogP contribution is 2.12. The van der Waals surface area contributed by atoms with Crippen LogP contribution in [0, 0.1) is 5.92 Å². The van der Waals surface area contributed by atoms with Crippen LogP contribution in [0.3, 0.4) is 0 Å². The van der Waals surface area contributed by atoms with Gasteiger partial charge in [-0.2, -0.15) is 0 Å². The molecule has 1 aliphatic rings. The maximum absolute atomic E-state index is 12.0. The van der Waals surface area contributed by atoms with Crippen LogP contribution in [0.1, 0.15) is 52.4 Å². The third-order valence-corrected chi connectivity index (χ3v) is 3.74. The lowest BCUT2D eigenvalue weighted by atomic mass is 9.99. The van der Waals surface area contributed by atoms with Crippen molar-refractivity contribution in [3.63, 3.8) is 0 Å². The predicted molar refractivity (Wildman–Crippen MR) is 80.3 cm³/mol. The Hall–Kier alpha value is -1.10. The molecule has 0 aromatic rings. The fourth-order valence-corrected chi connectivity index (χ4v) is 2.62. The minimum absolute atomic E-state index is 0.0216. The molecule has 1 fully saturated rings. The molecule has 116 valence electrons. The van der Waals surface area contributed by atoms with Gasteiger partial charge < -0.3 is 16.0 Å². The molecule has 1 saturated heterocycles. The van der Waals surface area contributed by atoms with Gasteiger partial charge in [-0.05, 0) is 38.1 Å². The van der Waals surface area contributed by atoms with Crippen LogP contribution in [-0.4, -0.2) is 37.5 Å². The number of hydrogen-bond donors (Lipinski definition) is 3. The second kappa shape index (κ2) is 8.95. The quantitative estimate of drug-likeness (QED) is 0.657. The van der Waals surface area contributed by atoms with Gasteiger partial charge in [-0.1, -0.05) is 20.3 Å². The highest BCUT2D eigenvalue weighted by Gasteiger charge is 2.21. The number of piperidine rings is 1. The first-order valence-electron chi connectivity index (χ1n) is 7.77. The minimum Gasteiger partial charge on any atom is -0.357 e. The molecule has 0 aromatic heterocycles. The minimum atomic E-state index is -0.410. The third kappa shape index (κ3) is 6.37. The lowest BCUT2D eigenvalue weighted by molar-refractivity contribution is -0.129. The first kappa shape index (κ1) is 17.0. The summed E-state index contributed by atoms with van der Waals surface area (Å²) in [6, 6.07) is 0.0462. The predicted octanol–water partition coefficient (Wildman–Crippen LogP) is 1.19. The van der Waals surface area contributed by atoms with Crippen molar-refractivity contribution in [2.45, 2.75) is 64.5 Å². The van der Waals surface area contributed by atoms with Crippen molar-refractivity contribution in [1.82, 2.24) is 16.0 Å². The van der Waals surface area contributed by atoms with Crippen molar-refractivity contribution >= 4 is 11.8 Å². The van der Waals surface area contributed by atoms with Gasteiger partial charge in [0.2, 0.25) is 11.8 Å². The van der Waals surface area contributed by atoms with E-state index in [9.17, 15) is 9.59 Å². The zero-order valence-electron chi connectivity index (χ0n) is 13.0. The van der Waals surface area contributed by atoms with Gasteiger partial charge in [-0.3, -0.25) is 9.59 Å². The number of carbonyl (C=O) groups is 2. The number of nitrogens with one attached hydrogen (secondary N) is 3. The summed E-state index contributed by atoms with van der Waals surface area (Å²) in [4.78, 5) is 23.7. The summed E-state index contributed by atoms with van der Waals surface area (Å²) in [5, 5.41) is 8.91. The average Bonchev–Trinajstić information content (AvgIpc) is 2.44. The van der Waals surface area contributed by atoms with Crippen LogP contribution in [0.15, 0.2) is 0 Å². The molecule has 3 N–H and O–H groups in total. The fraction of sp³-hybridized carbons (Fsp3) is 0.867. The number of amides is 2. The van der Waals surface area contributed by atoms with E-state index in [4.69, 9.17) is 0 Å². The number of rotatable bonds is 7. The maximum atomic E-state index is 12.0. The van der Waals surface area contributed by atoms with Gasteiger partial charge in [-0.15, -0.1) is 0 Å². The second-order valence-electron chi connectivity index (χ2n) is 6.05. The van der Waals surface area contributed by atoms with Crippen LogP contribution >= 0.6 is 0 Å². The topological polar surface area (TPSA) is 70.2 Å². The molecule has 1 heterocycles. The number of hydrogen-bond acceptors (Lipinski definition) is 3. The molecular formula is C15H29N3O2. The van der Waals surface area contributed by atoms with Crippen LogP contribution in [0.2, 0.25) is 0 Å². The molecule has 0 saturated carbocycles. The molecule has 1 rings (SSSR count). The van der Waals surface area contributed by atoms with Crippen LogP contribution in [0.4, 0.5) is 0 Å². The Kier molecular flexibility index (Phi) is 7.59. The van der Waals surface area contributed by atoms with E-state index in [0.717, 1.165) is 19.4 Å². The van der Waals surface area contributed by atoms with Gasteiger partial charge in [-0.25, -0.2) is 0 Å². The molecule has 5 nitrogen and oxygen atoms in total. The monoisotopic (exact) mass is 283 g/mol. The Labute approximate surface area is 122 Å². The Morgan fingerprint density at radius 3 is 2.60 bits per heavy atom. The first-order valence-corrected chi connectivity index (χ1v) is 7.77. The van der Waals surface area contributed by atoms with Gasteiger partial charge in [0, 0.05) is 19.5 Å². The standard InChI is InChI=1S/C15H29N3O2/c1-11(2)10-13(15(20)16-3)18-14(19)8-7-12-6-4-5-9-17-12/h11-13,17H,4-10H2,1-3H3,(H,16,20)(H,18,19). The molecule has 0 aliphatic carbocycles. The van der Waals surface area contributed by atoms with Crippen LogP contribution in [-0.2, 0) is 9.59 Å². The van der Waals surface area contributed by atoms with E-state index in [-0.39, 0.29) is 11.8 Å². The largest absolute Gasteiger partial charge is 0.357 e. The Balaban J connectivity index is 2.34. The SMILES string of the molecule is CNC(=O)C(CC(C)C)NC(=O)CCC1CCCCN1. The molecule has 1 aliphatic heterocycles. The first-order chi connectivity index (χ1) is 9.52. The third-order valence-electron chi connectivity index (χ3n) is 3.74. The molecule has 0 aromatic carbocycles. The molecule has 2 atom stereocenters. The van der Waals surface area contributed by atoms with Crippen molar-refractivity contribution in [2.75, 3.05) is 13.6 Å². The van der Waals surface area contributed by atoms with Gasteiger partial charge in [0.25, 0.3) is 0 Å². The van der Waals surface area contributed by atoms with E-state index in [1.165, 1.54) is 12.8 Å². The molecule has 0 spiro atoms. The summed E-state index contributed by atoms with van der Waals surface area (Å²) in [6.45, 7) is 5.16. The normalized spacial score (nSPS) is 20.5. The zero-order chi connectivity index (χ0) is 15.0. The van der Waals surface area contributed by atoms with Crippen molar-refractivity contribution in [3.8, 4) is 0 Å². The Bertz CT molecular complexity index is 312. The van der Waals surface area contributed by atoms with Crippen LogP contribution in [0.25, 0.3) is 0 Å². The molecule has 2 amide bonds. The molecular weight excluding hydrogens is 254 g/mol. The van der Waals surface area contributed by atoms with Crippen molar-refractivity contribution < 1.29 is 9.59 Å². The number of carbonyl (C=O) groups excluding carboxylic acids is 2. The molecule has 2 unspecified atom stereocenters. The lowest BCUT2D eigenvalue weighted by Crippen LogP contribution is -2.46. The van der Waals surface area contributed by atoms with Gasteiger partial charge in [0.1, 0.15) is 6.04 Å². The summed E-state index contributed by atoms with van der Waals surface area (Å²) in [6.07, 6.45) is 5.64. The number of likely N-dealkylation sites (N-methyl/N-ethyl adjacent to an activating group) is 1. The Morgan fingerprint density at radius 1 is 1.30 bits per heavy atom. The van der Waals surface area contributed by atoms with E-state index in [2.05, 4.69) is 16.0 Å². The van der Waals surface area contributed by atoms with Crippen LogP contribution in [0.5, 0.6) is 0 Å². The second-order valence-corrected chi connectivity index (χ2v) is 6.05. The van der Waals surface area contributed by atoms with E-state index in [0.29, 0.717) is 24.8 Å². The fourth-order valence-electron chi connectivity index (χ4n) is 2.62. The molecule has 0 radical (unpaired) electrons. The summed E-state index contributed by atoms with van der Waals surface area (Å²) in [5.41, 5.74) is 0. The van der Waals surface area contributed by atoms with Gasteiger partial charge in [0.05, 0.1) is 0 Å². The van der Waals surface area contributed by atoms with Crippen molar-refractivity contribution in [2.24, 2.45) is 5.92 Å². The lowest BCUT2D eigenvalue weighted by Gasteiger charge is -2.24. The molecule has 5 heteroatoms. The van der Waals surface area contributed by atoms with Crippen molar-refractivity contribution in [1.29, 1.82) is 0 Å². The summed E-state index contributed by atoms with van der Waals surface area (Å²) in [7, 11) is 1.60. The van der Waals surface area contributed by atoms with Crippen molar-refractivity contribution in [3.05, 3.63) is 0 Å². The van der Waals surface area contributed by atoms with E-state index < -0.39 is 6.04 Å². The summed E-state index contributed by atoms with van der Waals surface area (Å²) < 4.78 is 0. The van der Waals surface area contributed by atoms with E-state index >= 15 is 0 Å². The highest BCUT2D eigenvalue weighted by atomic mass is 16.2. The van der Waals surface area contributed by atoms with Gasteiger partial charge >= 0.3 is 0 Å². The summed E-state index contributed by atoms with van der Waals surface area (Å²) in [5.74, 6) is 0.243. The zero-order valence-corrected chi connectivity index (χ0v) is 13.0. The van der Waals surface area contributed by atoms with Crippen LogP contribution < -0.4 is 16.0 Å². The van der Waals surface area contributed by atoms with Gasteiger partial charge in [0.15, 0.2) is 0 Å². The average molecular weight is 283 g/mol. The maximum Gasteiger partial charge on any atom is 0.242 e. The highest BCUT2D eigenvalue weighted by molar-refractivity contribution is 5.87. The van der Waals surface area contributed by atoms with E-state index in [1.54, 1.807) is 7.05 Å². The Morgan fingerprint density at radius 2 is 2.05 bits per heavy atom. The summed E-state index contributed by atoms with van der Waals surface area (Å²) >= 11 is 0. The molecule has 20 heavy (non-hydrogen) atoms. The molecule has 0 bridgehead atoms. The van der Waals surface area contributed by atoms with E-state index in [1.807, 2.05) is 13.8 Å².